The van der Waals surface area contributed by atoms with Crippen molar-refractivity contribution >= 4 is 34.8 Å². The number of benzene rings is 2. The van der Waals surface area contributed by atoms with Gasteiger partial charge in [0.2, 0.25) is 0 Å². The zero-order chi connectivity index (χ0) is 27.9. The molecule has 4 N–H and O–H groups in total. The van der Waals surface area contributed by atoms with Crippen LogP contribution >= 0.6 is 23.1 Å². The molecule has 2 aromatic carbocycles. The highest BCUT2D eigenvalue weighted by atomic mass is 32.2. The molecule has 3 rings (SSSR count). The van der Waals surface area contributed by atoms with Crippen LogP contribution in [0.2, 0.25) is 0 Å². The molecule has 0 radical (unpaired) electrons. The van der Waals surface area contributed by atoms with Gasteiger partial charge in [-0.1, -0.05) is 31.9 Å². The molecular weight excluding hydrogens is 531 g/mol. The largest absolute Gasteiger partial charge is 0.416 e. The molecule has 202 valence electrons. The van der Waals surface area contributed by atoms with E-state index in [1.807, 2.05) is 19.9 Å². The van der Waals surface area contributed by atoms with Gasteiger partial charge in [-0.05, 0) is 78.9 Å². The average molecular weight is 562 g/mol. The number of nitrogens with two attached hydrogens (primary N) is 1. The van der Waals surface area contributed by atoms with Crippen molar-refractivity contribution < 1.29 is 18.0 Å². The maximum absolute atomic E-state index is 13.0. The molecule has 0 saturated heterocycles. The SMILES string of the molecule is CCCCC(Sc1cc(C)c(-c2ccc(C(F)(F)F)cc2)c(C)c1)c1ccc(C(=O)NC/C(N=N)=N\N)s1. The Labute approximate surface area is 228 Å². The first kappa shape index (κ1) is 29.4. The van der Waals surface area contributed by atoms with Gasteiger partial charge in [-0.3, -0.25) is 4.79 Å². The van der Waals surface area contributed by atoms with Crippen LogP contribution in [0.15, 0.2) is 63.6 Å². The van der Waals surface area contributed by atoms with E-state index in [0.29, 0.717) is 4.88 Å². The van der Waals surface area contributed by atoms with E-state index in [4.69, 9.17) is 11.4 Å². The second-order valence-electron chi connectivity index (χ2n) is 8.80. The van der Waals surface area contributed by atoms with Gasteiger partial charge >= 0.3 is 6.18 Å². The molecule has 6 nitrogen and oxygen atoms in total. The average Bonchev–Trinajstić information content (AvgIpc) is 3.37. The molecule has 1 heterocycles. The zero-order valence-electron chi connectivity index (χ0n) is 21.4. The first-order valence-electron chi connectivity index (χ1n) is 12.0. The van der Waals surface area contributed by atoms with Crippen molar-refractivity contribution in [2.75, 3.05) is 6.54 Å². The highest BCUT2D eigenvalue weighted by Crippen LogP contribution is 2.43. The lowest BCUT2D eigenvalue weighted by molar-refractivity contribution is -0.137. The Kier molecular flexibility index (Phi) is 10.1. The topological polar surface area (TPSA) is 104 Å². The van der Waals surface area contributed by atoms with Crippen molar-refractivity contribution in [3.63, 3.8) is 0 Å². The number of amides is 1. The molecule has 1 atom stereocenters. The fourth-order valence-corrected chi connectivity index (χ4v) is 6.62. The lowest BCUT2D eigenvalue weighted by Gasteiger charge is -2.18. The van der Waals surface area contributed by atoms with E-state index in [-0.39, 0.29) is 23.5 Å². The molecule has 0 fully saturated rings. The van der Waals surface area contributed by atoms with Crippen LogP contribution in [0.25, 0.3) is 11.1 Å². The minimum Gasteiger partial charge on any atom is -0.344 e. The van der Waals surface area contributed by atoms with Gasteiger partial charge in [-0.15, -0.1) is 28.2 Å². The number of unbranched alkanes of at least 4 members (excludes halogenated alkanes) is 1. The van der Waals surface area contributed by atoms with Gasteiger partial charge in [0.05, 0.1) is 17.0 Å². The van der Waals surface area contributed by atoms with Crippen molar-refractivity contribution in [3.8, 4) is 11.1 Å². The van der Waals surface area contributed by atoms with Crippen LogP contribution in [0.1, 0.15) is 62.7 Å². The van der Waals surface area contributed by atoms with Crippen molar-refractivity contribution in [2.45, 2.75) is 56.4 Å². The number of amidine groups is 1. The molecule has 0 saturated carbocycles. The molecule has 1 unspecified atom stereocenters. The van der Waals surface area contributed by atoms with Gasteiger partial charge in [0.15, 0.2) is 5.84 Å². The fraction of sp³-hybridized carbons (Fsp3) is 0.333. The Hall–Kier alpha value is -3.18. The van der Waals surface area contributed by atoms with Crippen LogP contribution in [-0.2, 0) is 6.18 Å². The third-order valence-electron chi connectivity index (χ3n) is 5.96. The molecule has 3 aromatic rings. The summed E-state index contributed by atoms with van der Waals surface area (Å²) < 4.78 is 39.0. The van der Waals surface area contributed by atoms with Crippen LogP contribution in [0, 0.1) is 19.4 Å². The zero-order valence-corrected chi connectivity index (χ0v) is 23.0. The van der Waals surface area contributed by atoms with Crippen LogP contribution in [0.5, 0.6) is 0 Å². The second-order valence-corrected chi connectivity index (χ2v) is 11.2. The number of nitrogens with one attached hydrogen (secondary N) is 2. The van der Waals surface area contributed by atoms with Crippen LogP contribution in [-0.4, -0.2) is 18.3 Å². The number of thioether (sulfide) groups is 1. The van der Waals surface area contributed by atoms with Crippen molar-refractivity contribution in [3.05, 3.63) is 75.0 Å². The third-order valence-corrected chi connectivity index (χ3v) is 8.59. The highest BCUT2D eigenvalue weighted by Gasteiger charge is 2.30. The molecule has 1 amide bonds. The summed E-state index contributed by atoms with van der Waals surface area (Å²) >= 11 is 3.15. The summed E-state index contributed by atoms with van der Waals surface area (Å²) in [6, 6.07) is 13.2. The van der Waals surface area contributed by atoms with Gasteiger partial charge in [-0.2, -0.15) is 18.3 Å². The minimum atomic E-state index is -4.36. The standard InChI is InChI=1S/C27H30F3N5OS2/c1-4-5-6-21(22-11-12-23(38-22)26(36)33-15-24(34-31)35-32)37-20-13-16(2)25(17(3)14-20)18-7-9-19(10-8-18)27(28,29)30/h7-14,21,31H,4-6,15,32H2,1-3H3,(H,33,36)/b34-31?,35-24+. The van der Waals surface area contributed by atoms with E-state index in [1.165, 1.54) is 23.5 Å². The molecule has 11 heteroatoms. The molecule has 0 aliphatic rings. The number of hydrogen-bond acceptors (Lipinski definition) is 6. The van der Waals surface area contributed by atoms with Gasteiger partial charge in [0.25, 0.3) is 5.91 Å². The monoisotopic (exact) mass is 561 g/mol. The van der Waals surface area contributed by atoms with Crippen molar-refractivity contribution in [1.29, 1.82) is 5.53 Å². The lowest BCUT2D eigenvalue weighted by Crippen LogP contribution is -2.28. The summed E-state index contributed by atoms with van der Waals surface area (Å²) in [6.45, 7) is 6.06. The summed E-state index contributed by atoms with van der Waals surface area (Å²) in [7, 11) is 0. The molecule has 0 bridgehead atoms. The maximum atomic E-state index is 13.0. The number of nitrogens with zero attached hydrogens (tertiary/aromatic N) is 2. The molecule has 0 aliphatic carbocycles. The quantitative estimate of drug-likeness (QED) is 0.0582. The van der Waals surface area contributed by atoms with E-state index in [0.717, 1.165) is 63.4 Å². The highest BCUT2D eigenvalue weighted by molar-refractivity contribution is 7.99. The predicted molar refractivity (Wildman–Crippen MR) is 148 cm³/mol. The fourth-order valence-electron chi connectivity index (χ4n) is 4.09. The normalized spacial score (nSPS) is 12.8. The molecule has 0 aliphatic heterocycles. The second kappa shape index (κ2) is 13.1. The lowest BCUT2D eigenvalue weighted by atomic mass is 9.95. The van der Waals surface area contributed by atoms with Gasteiger partial charge in [0.1, 0.15) is 0 Å². The summed E-state index contributed by atoms with van der Waals surface area (Å²) in [5, 5.41) is 9.31. The van der Waals surface area contributed by atoms with E-state index in [1.54, 1.807) is 17.8 Å². The van der Waals surface area contributed by atoms with Crippen LogP contribution in [0.4, 0.5) is 13.2 Å². The summed E-state index contributed by atoms with van der Waals surface area (Å²) in [6.07, 6.45) is -1.36. The predicted octanol–water partition coefficient (Wildman–Crippen LogP) is 8.11. The van der Waals surface area contributed by atoms with E-state index >= 15 is 0 Å². The van der Waals surface area contributed by atoms with Gasteiger partial charge in [0, 0.05) is 15.0 Å². The summed E-state index contributed by atoms with van der Waals surface area (Å²) in [5.41, 5.74) is 9.99. The summed E-state index contributed by atoms with van der Waals surface area (Å²) in [4.78, 5) is 15.3. The molecule has 0 spiro atoms. The number of aryl methyl sites for hydroxylation is 2. The molecular formula is C27H30F3N5OS2. The summed E-state index contributed by atoms with van der Waals surface area (Å²) in [5.74, 6) is 4.88. The van der Waals surface area contributed by atoms with Gasteiger partial charge in [-0.25, -0.2) is 5.53 Å². The minimum absolute atomic E-state index is 0.0239. The van der Waals surface area contributed by atoms with Crippen molar-refractivity contribution in [2.24, 2.45) is 16.1 Å². The number of thiophene rings is 1. The number of hydrazone groups is 1. The smallest absolute Gasteiger partial charge is 0.344 e. The van der Waals surface area contributed by atoms with Crippen LogP contribution in [0.3, 0.4) is 0 Å². The maximum Gasteiger partial charge on any atom is 0.416 e. The Morgan fingerprint density at radius 3 is 2.34 bits per heavy atom. The number of halogens is 3. The van der Waals surface area contributed by atoms with E-state index in [9.17, 15) is 18.0 Å². The van der Waals surface area contributed by atoms with Crippen LogP contribution < -0.4 is 11.2 Å². The Morgan fingerprint density at radius 1 is 1.13 bits per heavy atom. The van der Waals surface area contributed by atoms with Gasteiger partial charge < -0.3 is 11.2 Å². The number of carbonyl (C=O) groups is 1. The Balaban J connectivity index is 1.81. The first-order chi connectivity index (χ1) is 18.1. The number of rotatable bonds is 10. The molecule has 38 heavy (non-hydrogen) atoms. The van der Waals surface area contributed by atoms with E-state index in [2.05, 4.69) is 34.6 Å². The number of alkyl halides is 3. The third kappa shape index (κ3) is 7.44. The Morgan fingerprint density at radius 2 is 1.79 bits per heavy atom. The van der Waals surface area contributed by atoms with E-state index < -0.39 is 11.7 Å². The number of carbonyl (C=O) groups excluding carboxylic acids is 1. The Bertz CT molecular complexity index is 1280. The first-order valence-corrected chi connectivity index (χ1v) is 13.7. The number of hydrogen-bond donors (Lipinski definition) is 3. The van der Waals surface area contributed by atoms with Crippen molar-refractivity contribution in [1.82, 2.24) is 5.32 Å². The molecule has 1 aromatic heterocycles.